The van der Waals surface area contributed by atoms with Gasteiger partial charge in [0.25, 0.3) is 5.91 Å². The van der Waals surface area contributed by atoms with Crippen LogP contribution in [0.1, 0.15) is 26.3 Å². The number of anilines is 1. The van der Waals surface area contributed by atoms with Crippen molar-refractivity contribution >= 4 is 17.5 Å². The fourth-order valence-electron chi connectivity index (χ4n) is 3.86. The zero-order chi connectivity index (χ0) is 22.6. The fourth-order valence-corrected chi connectivity index (χ4v) is 3.86. The molecule has 1 amide bonds. The van der Waals surface area contributed by atoms with Gasteiger partial charge in [-0.15, -0.1) is 10.2 Å². The quantitative estimate of drug-likeness (QED) is 0.440. The van der Waals surface area contributed by atoms with Crippen LogP contribution in [0.3, 0.4) is 0 Å². The van der Waals surface area contributed by atoms with E-state index in [4.69, 9.17) is 0 Å². The molecule has 0 spiro atoms. The summed E-state index contributed by atoms with van der Waals surface area (Å²) in [7, 11) is 0. The molecule has 0 saturated carbocycles. The molecule has 0 radical (unpaired) electrons. The summed E-state index contributed by atoms with van der Waals surface area (Å²) in [5.41, 5.74) is 1.41. The number of amides is 1. The number of carbonyl (C=O) groups excluding carboxylic acids is 2. The minimum Gasteiger partial charge on any atom is -0.352 e. The highest BCUT2D eigenvalue weighted by molar-refractivity contribution is 6.15. The maximum Gasteiger partial charge on any atom is 0.254 e. The number of nitrogens with zero attached hydrogens (tertiary/aromatic N) is 7. The Bertz CT molecular complexity index is 1250. The average molecular weight is 439 g/mol. The van der Waals surface area contributed by atoms with Crippen LogP contribution < -0.4 is 4.90 Å². The van der Waals surface area contributed by atoms with E-state index in [-0.39, 0.29) is 11.7 Å². The zero-order valence-corrected chi connectivity index (χ0v) is 17.8. The summed E-state index contributed by atoms with van der Waals surface area (Å²) in [5.74, 6) is 1.04. The predicted molar refractivity (Wildman–Crippen MR) is 121 cm³/mol. The molecule has 0 bridgehead atoms. The van der Waals surface area contributed by atoms with Crippen LogP contribution in [0.25, 0.3) is 5.82 Å². The van der Waals surface area contributed by atoms with Gasteiger partial charge in [-0.3, -0.25) is 9.59 Å². The third-order valence-corrected chi connectivity index (χ3v) is 5.62. The summed E-state index contributed by atoms with van der Waals surface area (Å²) in [6.07, 6.45) is 3.01. The molecule has 1 saturated heterocycles. The van der Waals surface area contributed by atoms with E-state index >= 15 is 0 Å². The summed E-state index contributed by atoms with van der Waals surface area (Å²) in [6.45, 7) is 2.30. The van der Waals surface area contributed by atoms with Gasteiger partial charge in [-0.2, -0.15) is 5.10 Å². The van der Waals surface area contributed by atoms with Gasteiger partial charge in [0.2, 0.25) is 0 Å². The highest BCUT2D eigenvalue weighted by Crippen LogP contribution is 2.19. The van der Waals surface area contributed by atoms with Crippen molar-refractivity contribution in [2.45, 2.75) is 0 Å². The number of benzene rings is 2. The average Bonchev–Trinajstić information content (AvgIpc) is 3.44. The van der Waals surface area contributed by atoms with Gasteiger partial charge in [-0.25, -0.2) is 9.67 Å². The number of ketones is 1. The highest BCUT2D eigenvalue weighted by atomic mass is 16.2. The Balaban J connectivity index is 1.27. The second-order valence-corrected chi connectivity index (χ2v) is 7.61. The second-order valence-electron chi connectivity index (χ2n) is 7.61. The molecule has 1 fully saturated rings. The standard InChI is InChI=1S/C24H21N7O2/c32-23(18-6-2-1-3-7-18)19-8-4-5-9-20(19)24(33)30-14-12-29(13-15-30)21-10-11-22(28-27-21)31-17-25-16-26-31/h1-11,16-17H,12-15H2. The normalized spacial score (nSPS) is 13.7. The van der Waals surface area contributed by atoms with Crippen LogP contribution in [0, 0.1) is 0 Å². The van der Waals surface area contributed by atoms with Crippen LogP contribution in [0.2, 0.25) is 0 Å². The lowest BCUT2D eigenvalue weighted by Crippen LogP contribution is -2.49. The van der Waals surface area contributed by atoms with Crippen molar-refractivity contribution in [3.63, 3.8) is 0 Å². The first-order valence-corrected chi connectivity index (χ1v) is 10.6. The van der Waals surface area contributed by atoms with Crippen LogP contribution >= 0.6 is 0 Å². The molecular formula is C24H21N7O2. The molecular weight excluding hydrogens is 418 g/mol. The fraction of sp³-hybridized carbons (Fsp3) is 0.167. The van der Waals surface area contributed by atoms with Gasteiger partial charge in [-0.05, 0) is 18.2 Å². The smallest absolute Gasteiger partial charge is 0.254 e. The minimum atomic E-state index is -0.152. The molecule has 2 aromatic carbocycles. The molecule has 2 aromatic heterocycles. The van der Waals surface area contributed by atoms with Crippen LogP contribution in [0.5, 0.6) is 0 Å². The topological polar surface area (TPSA) is 97.1 Å². The largest absolute Gasteiger partial charge is 0.352 e. The van der Waals surface area contributed by atoms with E-state index in [9.17, 15) is 9.59 Å². The maximum atomic E-state index is 13.3. The van der Waals surface area contributed by atoms with E-state index in [0.717, 1.165) is 5.82 Å². The van der Waals surface area contributed by atoms with Crippen LogP contribution in [-0.2, 0) is 0 Å². The van der Waals surface area contributed by atoms with Gasteiger partial charge in [0, 0.05) is 37.3 Å². The van der Waals surface area contributed by atoms with Gasteiger partial charge < -0.3 is 9.80 Å². The maximum absolute atomic E-state index is 13.3. The van der Waals surface area contributed by atoms with Crippen molar-refractivity contribution in [2.24, 2.45) is 0 Å². The zero-order valence-electron chi connectivity index (χ0n) is 17.8. The number of carbonyl (C=O) groups is 2. The number of aromatic nitrogens is 5. The number of rotatable bonds is 5. The van der Waals surface area contributed by atoms with Gasteiger partial charge >= 0.3 is 0 Å². The Labute approximate surface area is 190 Å². The number of hydrogen-bond acceptors (Lipinski definition) is 7. The van der Waals surface area contributed by atoms with Gasteiger partial charge in [0.1, 0.15) is 12.7 Å². The summed E-state index contributed by atoms with van der Waals surface area (Å²) >= 11 is 0. The monoisotopic (exact) mass is 439 g/mol. The van der Waals surface area contributed by atoms with E-state index in [0.29, 0.717) is 48.7 Å². The summed E-state index contributed by atoms with van der Waals surface area (Å²) in [5, 5.41) is 12.6. The molecule has 0 aliphatic carbocycles. The second kappa shape index (κ2) is 8.99. The highest BCUT2D eigenvalue weighted by Gasteiger charge is 2.26. The van der Waals surface area contributed by atoms with Gasteiger partial charge in [-0.1, -0.05) is 48.5 Å². The summed E-state index contributed by atoms with van der Waals surface area (Å²) < 4.78 is 1.54. The number of piperazine rings is 1. The lowest BCUT2D eigenvalue weighted by atomic mass is 9.97. The molecule has 5 rings (SSSR count). The van der Waals surface area contributed by atoms with Crippen molar-refractivity contribution < 1.29 is 9.59 Å². The lowest BCUT2D eigenvalue weighted by Gasteiger charge is -2.35. The van der Waals surface area contributed by atoms with E-state index in [2.05, 4.69) is 25.2 Å². The van der Waals surface area contributed by atoms with Crippen LogP contribution in [0.15, 0.2) is 79.4 Å². The Morgan fingerprint density at radius 1 is 0.727 bits per heavy atom. The molecule has 4 aromatic rings. The summed E-state index contributed by atoms with van der Waals surface area (Å²) in [4.78, 5) is 34.1. The van der Waals surface area contributed by atoms with Crippen molar-refractivity contribution in [3.05, 3.63) is 96.1 Å². The third-order valence-electron chi connectivity index (χ3n) is 5.62. The molecule has 1 aliphatic rings. The molecule has 0 unspecified atom stereocenters. The predicted octanol–water partition coefficient (Wildman–Crippen LogP) is 2.25. The first-order valence-electron chi connectivity index (χ1n) is 10.6. The van der Waals surface area contributed by atoms with Crippen LogP contribution in [0.4, 0.5) is 5.82 Å². The van der Waals surface area contributed by atoms with Crippen molar-refractivity contribution in [1.82, 2.24) is 29.9 Å². The molecule has 164 valence electrons. The van der Waals surface area contributed by atoms with Crippen molar-refractivity contribution in [2.75, 3.05) is 31.1 Å². The van der Waals surface area contributed by atoms with E-state index in [1.54, 1.807) is 52.3 Å². The van der Waals surface area contributed by atoms with Crippen LogP contribution in [-0.4, -0.2) is 67.7 Å². The Hall–Kier alpha value is -4.40. The summed E-state index contributed by atoms with van der Waals surface area (Å²) in [6, 6.07) is 19.7. The van der Waals surface area contributed by atoms with Gasteiger partial charge in [0.05, 0.1) is 5.56 Å². The molecule has 9 nitrogen and oxygen atoms in total. The van der Waals surface area contributed by atoms with Gasteiger partial charge in [0.15, 0.2) is 17.4 Å². The van der Waals surface area contributed by atoms with Crippen molar-refractivity contribution in [3.8, 4) is 5.82 Å². The number of hydrogen-bond donors (Lipinski definition) is 0. The van der Waals surface area contributed by atoms with E-state index in [1.807, 2.05) is 30.3 Å². The molecule has 0 N–H and O–H groups in total. The molecule has 9 heteroatoms. The van der Waals surface area contributed by atoms with E-state index < -0.39 is 0 Å². The molecule has 0 atom stereocenters. The first kappa shape index (κ1) is 20.5. The Morgan fingerprint density at radius 3 is 2.06 bits per heavy atom. The minimum absolute atomic E-state index is 0.137. The molecule has 33 heavy (non-hydrogen) atoms. The Kier molecular flexibility index (Phi) is 5.59. The third kappa shape index (κ3) is 4.20. The van der Waals surface area contributed by atoms with Crippen molar-refractivity contribution in [1.29, 1.82) is 0 Å². The SMILES string of the molecule is O=C(c1ccccc1)c1ccccc1C(=O)N1CCN(c2ccc(-n3cncn3)nn2)CC1. The molecule has 3 heterocycles. The van der Waals surface area contributed by atoms with E-state index in [1.165, 1.54) is 6.33 Å². The lowest BCUT2D eigenvalue weighted by molar-refractivity contribution is 0.0742. The first-order chi connectivity index (χ1) is 16.2. The molecule has 1 aliphatic heterocycles. The Morgan fingerprint density at radius 2 is 1.39 bits per heavy atom.